The molecule has 0 unspecified atom stereocenters. The van der Waals surface area contributed by atoms with E-state index in [2.05, 4.69) is 32.3 Å². The number of benzene rings is 1. The fourth-order valence-electron chi connectivity index (χ4n) is 4.56. The SMILES string of the molecule is [B]/C(C)=C([B])/C([B])=C(/[B])C(=[B])n1c([C@@H](C)NC(=O)c2c(N)nn3cccnc23)nc2cccc(C#Cc3ccn(C)n3)c2c1=O. The molecule has 5 aromatic rings. The maximum absolute atomic E-state index is 14.3. The molecule has 0 spiro atoms. The first kappa shape index (κ1) is 31.1. The van der Waals surface area contributed by atoms with E-state index in [1.54, 1.807) is 61.4 Å². The van der Waals surface area contributed by atoms with E-state index in [0.29, 0.717) is 11.3 Å². The van der Waals surface area contributed by atoms with Crippen molar-refractivity contribution in [1.29, 1.82) is 0 Å². The number of nitrogens with two attached hydrogens (primary N) is 1. The van der Waals surface area contributed by atoms with Crippen molar-refractivity contribution in [2.45, 2.75) is 19.9 Å². The van der Waals surface area contributed by atoms with Gasteiger partial charge in [-0.25, -0.2) is 0 Å². The minimum absolute atomic E-state index is 0.0156. The molecular formula is C29H21B5N9O2. The number of nitrogens with one attached hydrogen (secondary N) is 1. The predicted molar refractivity (Wildman–Crippen MR) is 177 cm³/mol. The van der Waals surface area contributed by atoms with Crippen molar-refractivity contribution >= 4 is 72.7 Å². The van der Waals surface area contributed by atoms with E-state index in [9.17, 15) is 9.59 Å². The molecule has 0 aliphatic carbocycles. The van der Waals surface area contributed by atoms with E-state index in [1.165, 1.54) is 17.6 Å². The first-order valence-corrected chi connectivity index (χ1v) is 13.5. The fraction of sp³-hybridized carbons (Fsp3) is 0.138. The summed E-state index contributed by atoms with van der Waals surface area (Å²) in [6, 6.07) is 7.45. The van der Waals surface area contributed by atoms with E-state index in [4.69, 9.17) is 49.6 Å². The third-order valence-corrected chi connectivity index (χ3v) is 6.87. The molecule has 0 aliphatic heterocycles. The van der Waals surface area contributed by atoms with Crippen molar-refractivity contribution in [3.8, 4) is 11.8 Å². The standard InChI is InChI=1S/C29H21B5N9O2/c1-14(30)21(31)22(32)23(33)24(34)43-26(15(2)37-28(44)20-25(35)40-42-12-5-11-36-27(20)42)38-18-7-4-6-16(19(18)29(43)45)8-9-17-10-13-41(3)39-17/h4-7,10-13,15H,1-3H3,(H2,35,40)(H,37,44)/b21-14-,23-22-/t15-/m1/s1. The van der Waals surface area contributed by atoms with Crippen LogP contribution in [0.5, 0.6) is 0 Å². The van der Waals surface area contributed by atoms with Crippen LogP contribution in [0.2, 0.25) is 0 Å². The normalized spacial score (nSPS) is 13.0. The first-order valence-electron chi connectivity index (χ1n) is 13.5. The van der Waals surface area contributed by atoms with E-state index >= 15 is 0 Å². The molecule has 5 rings (SSSR count). The molecule has 0 aliphatic rings. The number of anilines is 1. The second-order valence-corrected chi connectivity index (χ2v) is 10.1. The molecule has 0 fully saturated rings. The first-order chi connectivity index (χ1) is 21.4. The Hall–Kier alpha value is -5.31. The average Bonchev–Trinajstić information content (AvgIpc) is 3.59. The Bertz CT molecular complexity index is 2220. The van der Waals surface area contributed by atoms with Gasteiger partial charge < -0.3 is 0 Å². The van der Waals surface area contributed by atoms with E-state index in [-0.39, 0.29) is 61.2 Å². The summed E-state index contributed by atoms with van der Waals surface area (Å²) in [4.78, 5) is 36.7. The van der Waals surface area contributed by atoms with Gasteiger partial charge in [-0.2, -0.15) is 0 Å². The zero-order chi connectivity index (χ0) is 32.6. The summed E-state index contributed by atoms with van der Waals surface area (Å²) >= 11 is 0. The molecule has 4 aromatic heterocycles. The minimum atomic E-state index is -0.937. The number of rotatable bonds is 6. The van der Waals surface area contributed by atoms with Gasteiger partial charge >= 0.3 is 265 Å². The summed E-state index contributed by atoms with van der Waals surface area (Å²) in [6.45, 7) is 3.14. The molecule has 209 valence electrons. The summed E-state index contributed by atoms with van der Waals surface area (Å²) < 4.78 is 4.04. The Labute approximate surface area is 264 Å². The van der Waals surface area contributed by atoms with Crippen LogP contribution in [0.4, 0.5) is 5.82 Å². The number of nitrogen functional groups attached to an aromatic ring is 1. The Morgan fingerprint density at radius 1 is 1.02 bits per heavy atom. The molecular weight excluding hydrogens is 560 g/mol. The second kappa shape index (κ2) is 12.4. The molecule has 1 aromatic carbocycles. The molecule has 4 heterocycles. The maximum atomic E-state index is 14.3. The molecule has 3 N–H and O–H groups in total. The van der Waals surface area contributed by atoms with Crippen molar-refractivity contribution in [3.05, 3.63) is 104 Å². The zero-order valence-electron chi connectivity index (χ0n) is 24.6. The summed E-state index contributed by atoms with van der Waals surface area (Å²) in [5.41, 5.74) is 6.37. The average molecular weight is 582 g/mol. The molecule has 0 bridgehead atoms. The summed E-state index contributed by atoms with van der Waals surface area (Å²) in [7, 11) is 32.6. The second-order valence-electron chi connectivity index (χ2n) is 10.1. The molecule has 0 saturated heterocycles. The number of carbonyl (C=O) groups excluding carboxylic acids is 1. The summed E-state index contributed by atoms with van der Waals surface area (Å²) in [5.74, 6) is 5.31. The van der Waals surface area contributed by atoms with Crippen molar-refractivity contribution < 1.29 is 4.79 Å². The molecule has 9 radical (unpaired) electrons. The Morgan fingerprint density at radius 3 is 2.47 bits per heavy atom. The van der Waals surface area contributed by atoms with Crippen molar-refractivity contribution in [3.63, 3.8) is 0 Å². The zero-order valence-corrected chi connectivity index (χ0v) is 24.6. The van der Waals surface area contributed by atoms with Gasteiger partial charge in [0, 0.05) is 0 Å². The van der Waals surface area contributed by atoms with Crippen LogP contribution in [0.15, 0.2) is 75.6 Å². The molecule has 0 saturated carbocycles. The van der Waals surface area contributed by atoms with Gasteiger partial charge in [-0.15, -0.1) is 0 Å². The van der Waals surface area contributed by atoms with Crippen LogP contribution in [-0.2, 0) is 7.05 Å². The number of nitrogens with zero attached hydrogens (tertiary/aromatic N) is 7. The van der Waals surface area contributed by atoms with Crippen LogP contribution in [-0.4, -0.2) is 84.3 Å². The van der Waals surface area contributed by atoms with Crippen molar-refractivity contribution in [2.24, 2.45) is 7.05 Å². The number of carbonyl (C=O) groups is 1. The quantitative estimate of drug-likeness (QED) is 0.162. The number of hydrogen-bond donors (Lipinski definition) is 2. The van der Waals surface area contributed by atoms with Crippen LogP contribution < -0.4 is 16.6 Å². The Morgan fingerprint density at radius 2 is 1.78 bits per heavy atom. The summed E-state index contributed by atoms with van der Waals surface area (Å²) in [6.07, 6.45) is 4.86. The topological polar surface area (TPSA) is 138 Å². The number of hydrogen-bond acceptors (Lipinski definition) is 7. The third-order valence-electron chi connectivity index (χ3n) is 6.87. The molecule has 45 heavy (non-hydrogen) atoms. The van der Waals surface area contributed by atoms with Crippen LogP contribution in [0.1, 0.15) is 47.3 Å². The van der Waals surface area contributed by atoms with Crippen LogP contribution in [0.25, 0.3) is 16.6 Å². The Kier molecular flexibility index (Phi) is 8.55. The van der Waals surface area contributed by atoms with Crippen LogP contribution >= 0.6 is 0 Å². The fourth-order valence-corrected chi connectivity index (χ4v) is 4.56. The predicted octanol–water partition coefficient (Wildman–Crippen LogP) is -0.0907. The molecule has 16 heteroatoms. The number of fused-ring (bicyclic) bond motifs is 2. The number of aromatic nitrogens is 7. The van der Waals surface area contributed by atoms with Gasteiger partial charge in [-0.3, -0.25) is 0 Å². The number of amides is 1. The Balaban J connectivity index is 1.69. The van der Waals surface area contributed by atoms with Crippen molar-refractivity contribution in [1.82, 2.24) is 39.2 Å². The molecule has 1 amide bonds. The summed E-state index contributed by atoms with van der Waals surface area (Å²) in [5, 5.41) is 11.3. The van der Waals surface area contributed by atoms with E-state index in [1.807, 2.05) is 0 Å². The monoisotopic (exact) mass is 582 g/mol. The van der Waals surface area contributed by atoms with Gasteiger partial charge in [-0.1, -0.05) is 0 Å². The van der Waals surface area contributed by atoms with Gasteiger partial charge in [0.25, 0.3) is 0 Å². The van der Waals surface area contributed by atoms with Crippen molar-refractivity contribution in [2.75, 3.05) is 5.73 Å². The third kappa shape index (κ3) is 5.94. The van der Waals surface area contributed by atoms with E-state index in [0.717, 1.165) is 4.57 Å². The molecule has 11 nitrogen and oxygen atoms in total. The van der Waals surface area contributed by atoms with Crippen LogP contribution in [0, 0.1) is 11.8 Å². The van der Waals surface area contributed by atoms with Crippen LogP contribution in [0.3, 0.4) is 0 Å². The van der Waals surface area contributed by atoms with Gasteiger partial charge in [-0.05, 0) is 0 Å². The van der Waals surface area contributed by atoms with Gasteiger partial charge in [0.05, 0.1) is 0 Å². The van der Waals surface area contributed by atoms with Gasteiger partial charge in [0.15, 0.2) is 0 Å². The number of aryl methyl sites for hydroxylation is 1. The number of allylic oxidation sites excluding steroid dienone is 4. The van der Waals surface area contributed by atoms with Gasteiger partial charge in [0.2, 0.25) is 0 Å². The van der Waals surface area contributed by atoms with Gasteiger partial charge in [0.1, 0.15) is 0 Å². The molecule has 1 atom stereocenters. The van der Waals surface area contributed by atoms with E-state index < -0.39 is 17.5 Å².